The van der Waals surface area contributed by atoms with Crippen LogP contribution in [-0.2, 0) is 9.63 Å². The number of hydrogen-bond donors (Lipinski definition) is 1. The van der Waals surface area contributed by atoms with E-state index in [2.05, 4.69) is 20.6 Å². The number of nitrogens with zero attached hydrogens (tertiary/aromatic N) is 4. The lowest BCUT2D eigenvalue weighted by Gasteiger charge is -2.11. The SMILES string of the molecule is Cc1cc(NC(=O)[C@@H]2CC(c3ccccc3)=NO2)n(-c2ccccn2)n1. The van der Waals surface area contributed by atoms with Gasteiger partial charge in [-0.2, -0.15) is 9.78 Å². The standard InChI is InChI=1S/C19H17N5O2/c1-13-11-18(24(22-13)17-9-5-6-10-20-17)21-19(25)16-12-15(23-26-16)14-7-3-2-4-8-14/h2-11,16H,12H2,1H3,(H,21,25)/t16-/m0/s1. The molecule has 0 saturated carbocycles. The Labute approximate surface area is 150 Å². The van der Waals surface area contributed by atoms with E-state index >= 15 is 0 Å². The number of rotatable bonds is 4. The Kier molecular flexibility index (Phi) is 4.18. The quantitative estimate of drug-likeness (QED) is 0.787. The highest BCUT2D eigenvalue weighted by Crippen LogP contribution is 2.20. The number of aryl methyl sites for hydroxylation is 1. The number of carbonyl (C=O) groups is 1. The molecule has 3 aromatic rings. The normalized spacial score (nSPS) is 16.0. The smallest absolute Gasteiger partial charge is 0.269 e. The third-order valence-corrected chi connectivity index (χ3v) is 4.02. The first-order valence-corrected chi connectivity index (χ1v) is 8.28. The molecule has 3 heterocycles. The Morgan fingerprint density at radius 1 is 1.19 bits per heavy atom. The van der Waals surface area contributed by atoms with Gasteiger partial charge in [-0.05, 0) is 24.6 Å². The van der Waals surface area contributed by atoms with Crippen molar-refractivity contribution in [2.75, 3.05) is 5.32 Å². The molecule has 0 bridgehead atoms. The zero-order valence-corrected chi connectivity index (χ0v) is 14.2. The van der Waals surface area contributed by atoms with Crippen molar-refractivity contribution in [1.29, 1.82) is 0 Å². The van der Waals surface area contributed by atoms with E-state index in [1.807, 2.05) is 55.5 Å². The fourth-order valence-corrected chi connectivity index (χ4v) is 2.77. The van der Waals surface area contributed by atoms with Gasteiger partial charge in [0.1, 0.15) is 5.82 Å². The molecule has 1 aliphatic heterocycles. The molecular weight excluding hydrogens is 330 g/mol. The lowest BCUT2D eigenvalue weighted by atomic mass is 10.0. The average Bonchev–Trinajstić information content (AvgIpc) is 3.30. The molecule has 0 saturated heterocycles. The van der Waals surface area contributed by atoms with Gasteiger partial charge in [0, 0.05) is 18.7 Å². The monoisotopic (exact) mass is 347 g/mol. The van der Waals surface area contributed by atoms with E-state index in [0.29, 0.717) is 18.1 Å². The summed E-state index contributed by atoms with van der Waals surface area (Å²) in [6.07, 6.45) is 1.43. The summed E-state index contributed by atoms with van der Waals surface area (Å²) in [5.41, 5.74) is 2.50. The van der Waals surface area contributed by atoms with Crippen molar-refractivity contribution in [3.63, 3.8) is 0 Å². The summed E-state index contributed by atoms with van der Waals surface area (Å²) in [5.74, 6) is 0.907. The van der Waals surface area contributed by atoms with Gasteiger partial charge in [0.2, 0.25) is 6.10 Å². The highest BCUT2D eigenvalue weighted by atomic mass is 16.6. The van der Waals surface area contributed by atoms with E-state index in [1.165, 1.54) is 0 Å². The number of amides is 1. The van der Waals surface area contributed by atoms with Crippen molar-refractivity contribution >= 4 is 17.4 Å². The molecule has 1 N–H and O–H groups in total. The maximum atomic E-state index is 12.6. The molecule has 0 fully saturated rings. The minimum absolute atomic E-state index is 0.267. The van der Waals surface area contributed by atoms with Crippen molar-refractivity contribution in [2.24, 2.45) is 5.16 Å². The van der Waals surface area contributed by atoms with Crippen LogP contribution >= 0.6 is 0 Å². The van der Waals surface area contributed by atoms with Gasteiger partial charge in [-0.3, -0.25) is 4.79 Å². The summed E-state index contributed by atoms with van der Waals surface area (Å²) in [6.45, 7) is 1.86. The summed E-state index contributed by atoms with van der Waals surface area (Å²) in [4.78, 5) is 22.2. The van der Waals surface area contributed by atoms with E-state index in [-0.39, 0.29) is 5.91 Å². The molecule has 7 nitrogen and oxygen atoms in total. The molecule has 0 radical (unpaired) electrons. The molecule has 1 atom stereocenters. The first-order chi connectivity index (χ1) is 12.7. The molecule has 0 spiro atoms. The van der Waals surface area contributed by atoms with E-state index in [4.69, 9.17) is 4.84 Å². The largest absolute Gasteiger partial charge is 0.382 e. The third kappa shape index (κ3) is 3.19. The number of carbonyl (C=O) groups excluding carboxylic acids is 1. The van der Waals surface area contributed by atoms with Gasteiger partial charge in [0.25, 0.3) is 5.91 Å². The number of benzene rings is 1. The second-order valence-corrected chi connectivity index (χ2v) is 5.96. The molecule has 130 valence electrons. The Morgan fingerprint density at radius 2 is 2.00 bits per heavy atom. The third-order valence-electron chi connectivity index (χ3n) is 4.02. The number of hydrogen-bond acceptors (Lipinski definition) is 5. The highest BCUT2D eigenvalue weighted by Gasteiger charge is 2.29. The second-order valence-electron chi connectivity index (χ2n) is 5.96. The topological polar surface area (TPSA) is 81.4 Å². The van der Waals surface area contributed by atoms with Crippen LogP contribution in [0, 0.1) is 6.92 Å². The second kappa shape index (κ2) is 6.79. The number of aromatic nitrogens is 3. The van der Waals surface area contributed by atoms with Gasteiger partial charge in [0.05, 0.1) is 11.4 Å². The first-order valence-electron chi connectivity index (χ1n) is 8.28. The zero-order valence-electron chi connectivity index (χ0n) is 14.2. The van der Waals surface area contributed by atoms with E-state index in [9.17, 15) is 4.79 Å². The van der Waals surface area contributed by atoms with Gasteiger partial charge in [-0.25, -0.2) is 4.98 Å². The summed E-state index contributed by atoms with van der Waals surface area (Å²) >= 11 is 0. The van der Waals surface area contributed by atoms with Crippen LogP contribution in [0.4, 0.5) is 5.82 Å². The van der Waals surface area contributed by atoms with Crippen molar-refractivity contribution < 1.29 is 9.63 Å². The van der Waals surface area contributed by atoms with Crippen molar-refractivity contribution in [3.05, 3.63) is 72.1 Å². The summed E-state index contributed by atoms with van der Waals surface area (Å²) in [7, 11) is 0. The van der Waals surface area contributed by atoms with E-state index in [0.717, 1.165) is 17.0 Å². The lowest BCUT2D eigenvalue weighted by molar-refractivity contribution is -0.125. The summed E-state index contributed by atoms with van der Waals surface area (Å²) in [5, 5.41) is 11.3. The van der Waals surface area contributed by atoms with Gasteiger partial charge in [-0.15, -0.1) is 0 Å². The van der Waals surface area contributed by atoms with Crippen LogP contribution in [0.15, 0.2) is 65.9 Å². The molecule has 26 heavy (non-hydrogen) atoms. The first kappa shape index (κ1) is 16.0. The van der Waals surface area contributed by atoms with Gasteiger partial charge < -0.3 is 10.2 Å². The van der Waals surface area contributed by atoms with Crippen molar-refractivity contribution in [3.8, 4) is 5.82 Å². The summed E-state index contributed by atoms with van der Waals surface area (Å²) in [6, 6.07) is 17.0. The molecule has 0 unspecified atom stereocenters. The van der Waals surface area contributed by atoms with Crippen LogP contribution in [0.2, 0.25) is 0 Å². The molecule has 4 rings (SSSR count). The Bertz CT molecular complexity index is 951. The van der Waals surface area contributed by atoms with Crippen LogP contribution in [0.1, 0.15) is 17.7 Å². The molecule has 1 amide bonds. The van der Waals surface area contributed by atoms with Crippen LogP contribution < -0.4 is 5.32 Å². The Balaban J connectivity index is 1.49. The van der Waals surface area contributed by atoms with Crippen LogP contribution in [0.3, 0.4) is 0 Å². The highest BCUT2D eigenvalue weighted by molar-refractivity contribution is 6.06. The van der Waals surface area contributed by atoms with Crippen molar-refractivity contribution in [2.45, 2.75) is 19.4 Å². The predicted octanol–water partition coefficient (Wildman–Crippen LogP) is 2.71. The molecule has 2 aromatic heterocycles. The number of anilines is 1. The molecule has 1 aliphatic rings. The van der Waals surface area contributed by atoms with Gasteiger partial charge in [0.15, 0.2) is 5.82 Å². The minimum atomic E-state index is -0.669. The van der Waals surface area contributed by atoms with Crippen LogP contribution in [0.5, 0.6) is 0 Å². The maximum Gasteiger partial charge on any atom is 0.269 e. The number of oxime groups is 1. The molecule has 1 aromatic carbocycles. The van der Waals surface area contributed by atoms with E-state index < -0.39 is 6.10 Å². The predicted molar refractivity (Wildman–Crippen MR) is 97.2 cm³/mol. The summed E-state index contributed by atoms with van der Waals surface area (Å²) < 4.78 is 1.60. The lowest BCUT2D eigenvalue weighted by Crippen LogP contribution is -2.29. The molecule has 7 heteroatoms. The Morgan fingerprint density at radius 3 is 2.77 bits per heavy atom. The van der Waals surface area contributed by atoms with E-state index in [1.54, 1.807) is 16.9 Å². The zero-order chi connectivity index (χ0) is 17.9. The van der Waals surface area contributed by atoms with Crippen LogP contribution in [-0.4, -0.2) is 32.5 Å². The number of pyridine rings is 1. The average molecular weight is 347 g/mol. The van der Waals surface area contributed by atoms with Crippen molar-refractivity contribution in [1.82, 2.24) is 14.8 Å². The van der Waals surface area contributed by atoms with Gasteiger partial charge >= 0.3 is 0 Å². The van der Waals surface area contributed by atoms with Gasteiger partial charge in [-0.1, -0.05) is 41.6 Å². The molecule has 0 aliphatic carbocycles. The minimum Gasteiger partial charge on any atom is -0.382 e. The Hall–Kier alpha value is -3.48. The van der Waals surface area contributed by atoms with Crippen LogP contribution in [0.25, 0.3) is 5.82 Å². The molecular formula is C19H17N5O2. The fourth-order valence-electron chi connectivity index (χ4n) is 2.77. The maximum absolute atomic E-state index is 12.6. The fraction of sp³-hybridized carbons (Fsp3) is 0.158. The number of nitrogens with one attached hydrogen (secondary N) is 1.